The highest BCUT2D eigenvalue weighted by Gasteiger charge is 2.25. The van der Waals surface area contributed by atoms with Gasteiger partial charge in [0.15, 0.2) is 6.10 Å². The quantitative estimate of drug-likeness (QED) is 0.0211. The standard InChI is InChI=1S/C76H119NO8/c1-6-8-10-12-14-16-18-20-22-24-26-28-30-32-34-36-37-39-40-42-44-46-48-50-52-54-56-58-60-62-64-66-73(78)83-70-72(71-84-76(75(80)81)82-69-68-77(3,4)5)85-74(79)67-65-63-61-59-57-55-53-51-49-47-45-43-41-38-35-33-31-29-27-25-23-21-19-17-15-13-11-9-7-2/h8-11,14-17,20-23,26-29,32-35,37,39,41-44,47,49,53,55,72,76H,6-7,12-13,18-19,24-25,30-31,36,38,40,45-46,48,50-52,54,56-71H2,1-5H3/p+1/b10-8-,11-9-,16-14-,17-15-,22-20-,23-21-,28-26-,29-27-,34-32-,35-33-,39-37-,43-41-,44-42-,49-47-,55-53-. The Balaban J connectivity index is 4.31. The maximum absolute atomic E-state index is 12.9. The van der Waals surface area contributed by atoms with Crippen molar-refractivity contribution in [3.8, 4) is 0 Å². The summed E-state index contributed by atoms with van der Waals surface area (Å²) < 4.78 is 22.9. The van der Waals surface area contributed by atoms with Gasteiger partial charge in [-0.25, -0.2) is 4.79 Å². The van der Waals surface area contributed by atoms with Crippen molar-refractivity contribution in [2.24, 2.45) is 0 Å². The third kappa shape index (κ3) is 65.8. The summed E-state index contributed by atoms with van der Waals surface area (Å²) in [5, 5.41) is 9.74. The van der Waals surface area contributed by atoms with Crippen molar-refractivity contribution in [2.45, 2.75) is 232 Å². The minimum Gasteiger partial charge on any atom is -0.477 e. The first kappa shape index (κ1) is 79.4. The Morgan fingerprint density at radius 2 is 0.635 bits per heavy atom. The number of ether oxygens (including phenoxy) is 4. The van der Waals surface area contributed by atoms with Crippen LogP contribution >= 0.6 is 0 Å². The van der Waals surface area contributed by atoms with Crippen molar-refractivity contribution in [1.82, 2.24) is 0 Å². The number of esters is 2. The van der Waals surface area contributed by atoms with E-state index in [0.29, 0.717) is 17.4 Å². The monoisotopic (exact) mass is 1170 g/mol. The summed E-state index contributed by atoms with van der Waals surface area (Å²) in [5.41, 5.74) is 0. The van der Waals surface area contributed by atoms with E-state index < -0.39 is 24.3 Å². The predicted octanol–water partition coefficient (Wildman–Crippen LogP) is 20.5. The maximum atomic E-state index is 12.9. The van der Waals surface area contributed by atoms with Crippen molar-refractivity contribution in [3.63, 3.8) is 0 Å². The van der Waals surface area contributed by atoms with E-state index in [2.05, 4.69) is 196 Å². The molecule has 0 saturated heterocycles. The fraction of sp³-hybridized carbons (Fsp3) is 0.566. The number of aliphatic carboxylic acids is 1. The molecule has 0 bridgehead atoms. The zero-order chi connectivity index (χ0) is 61.9. The smallest absolute Gasteiger partial charge is 0.361 e. The van der Waals surface area contributed by atoms with Gasteiger partial charge in [0, 0.05) is 12.8 Å². The van der Waals surface area contributed by atoms with Crippen LogP contribution in [0.4, 0.5) is 0 Å². The van der Waals surface area contributed by atoms with Crippen LogP contribution in [0.2, 0.25) is 0 Å². The lowest BCUT2D eigenvalue weighted by molar-refractivity contribution is -0.870. The average molecular weight is 1180 g/mol. The first-order valence-corrected chi connectivity index (χ1v) is 32.9. The van der Waals surface area contributed by atoms with E-state index in [1.54, 1.807) is 0 Å². The number of carboxylic acid groups (broad SMARTS) is 1. The van der Waals surface area contributed by atoms with E-state index in [9.17, 15) is 19.5 Å². The number of quaternary nitrogens is 1. The maximum Gasteiger partial charge on any atom is 0.361 e. The normalized spacial score (nSPS) is 13.9. The number of hydrogen-bond acceptors (Lipinski definition) is 7. The summed E-state index contributed by atoms with van der Waals surface area (Å²) in [4.78, 5) is 37.6. The zero-order valence-electron chi connectivity index (χ0n) is 54.2. The molecule has 0 radical (unpaired) electrons. The third-order valence-corrected chi connectivity index (χ3v) is 13.2. The lowest BCUT2D eigenvalue weighted by Gasteiger charge is -2.25. The lowest BCUT2D eigenvalue weighted by Crippen LogP contribution is -2.40. The highest BCUT2D eigenvalue weighted by atomic mass is 16.7. The second-order valence-electron chi connectivity index (χ2n) is 22.3. The first-order chi connectivity index (χ1) is 41.6. The second-order valence-corrected chi connectivity index (χ2v) is 22.3. The van der Waals surface area contributed by atoms with E-state index in [0.717, 1.165) is 154 Å². The van der Waals surface area contributed by atoms with Crippen LogP contribution in [0.15, 0.2) is 182 Å². The van der Waals surface area contributed by atoms with Crippen LogP contribution in [0.5, 0.6) is 0 Å². The molecule has 476 valence electrons. The van der Waals surface area contributed by atoms with Gasteiger partial charge < -0.3 is 28.5 Å². The van der Waals surface area contributed by atoms with E-state index in [1.165, 1.54) is 32.1 Å². The van der Waals surface area contributed by atoms with Gasteiger partial charge in [-0.05, 0) is 135 Å². The number of allylic oxidation sites excluding steroid dienone is 30. The molecule has 0 fully saturated rings. The highest BCUT2D eigenvalue weighted by molar-refractivity contribution is 5.71. The molecule has 0 rings (SSSR count). The molecule has 1 N–H and O–H groups in total. The van der Waals surface area contributed by atoms with Gasteiger partial charge in [0.05, 0.1) is 34.4 Å². The van der Waals surface area contributed by atoms with Crippen LogP contribution in [-0.2, 0) is 33.3 Å². The molecule has 0 heterocycles. The van der Waals surface area contributed by atoms with Gasteiger partial charge in [0.1, 0.15) is 13.2 Å². The molecule has 0 aliphatic rings. The molecule has 0 aliphatic heterocycles. The van der Waals surface area contributed by atoms with Crippen LogP contribution in [0.1, 0.15) is 219 Å². The van der Waals surface area contributed by atoms with Gasteiger partial charge in [-0.3, -0.25) is 9.59 Å². The number of carbonyl (C=O) groups is 3. The number of hydrogen-bond donors (Lipinski definition) is 1. The van der Waals surface area contributed by atoms with Crippen molar-refractivity contribution < 1.29 is 42.9 Å². The Kier molecular flexibility index (Phi) is 60.1. The van der Waals surface area contributed by atoms with Gasteiger partial charge >= 0.3 is 17.9 Å². The molecule has 85 heavy (non-hydrogen) atoms. The molecular formula is C76H120NO8+. The zero-order valence-corrected chi connectivity index (χ0v) is 54.2. The minimum atomic E-state index is -1.53. The number of unbranched alkanes of at least 4 members (excludes halogenated alkanes) is 13. The Labute approximate surface area is 519 Å². The molecule has 9 heteroatoms. The number of rotatable bonds is 58. The van der Waals surface area contributed by atoms with Crippen LogP contribution < -0.4 is 0 Å². The SMILES string of the molecule is CC/C=C\C/C=C\C/C=C\C/C=C\C/C=C\C/C=C\C/C=C\C/C=C\CCCCCCC(=O)OC(COC(=O)CCCCCCCCCCC/C=C\C/C=C\C/C=C\C/C=C\C/C=C\C/C=C\C/C=C\CC)COC(OCC[N+](C)(C)C)C(=O)O. The first-order valence-electron chi connectivity index (χ1n) is 32.9. The van der Waals surface area contributed by atoms with Crippen LogP contribution in [0.3, 0.4) is 0 Å². The molecule has 0 aromatic carbocycles. The van der Waals surface area contributed by atoms with Crippen LogP contribution in [0.25, 0.3) is 0 Å². The molecule has 9 nitrogen and oxygen atoms in total. The highest BCUT2D eigenvalue weighted by Crippen LogP contribution is 2.14. The molecule has 0 aliphatic carbocycles. The third-order valence-electron chi connectivity index (χ3n) is 13.2. The summed E-state index contributed by atoms with van der Waals surface area (Å²) in [6.45, 7) is 4.58. The molecule has 0 saturated carbocycles. The van der Waals surface area contributed by atoms with E-state index in [-0.39, 0.29) is 38.6 Å². The Bertz CT molecular complexity index is 2050. The fourth-order valence-electron chi connectivity index (χ4n) is 8.18. The van der Waals surface area contributed by atoms with Crippen LogP contribution in [0, 0.1) is 0 Å². The minimum absolute atomic E-state index is 0.170. The molecular weight excluding hydrogens is 1050 g/mol. The van der Waals surface area contributed by atoms with Crippen molar-refractivity contribution in [3.05, 3.63) is 182 Å². The summed E-state index contributed by atoms with van der Waals surface area (Å²) >= 11 is 0. The number of carboxylic acids is 1. The Morgan fingerprint density at radius 1 is 0.353 bits per heavy atom. The Hall–Kier alpha value is -5.61. The van der Waals surface area contributed by atoms with Gasteiger partial charge in [-0.15, -0.1) is 0 Å². The summed E-state index contributed by atoms with van der Waals surface area (Å²) in [5.74, 6) is -2.07. The predicted molar refractivity (Wildman–Crippen MR) is 363 cm³/mol. The molecule has 0 aromatic heterocycles. The summed E-state index contributed by atoms with van der Waals surface area (Å²) in [6.07, 6.45) is 95.5. The van der Waals surface area contributed by atoms with Gasteiger partial charge in [0.2, 0.25) is 0 Å². The number of likely N-dealkylation sites (N-methyl/N-ethyl adjacent to an activating group) is 1. The second kappa shape index (κ2) is 64.4. The van der Waals surface area contributed by atoms with Gasteiger partial charge in [-0.2, -0.15) is 0 Å². The Morgan fingerprint density at radius 3 is 0.941 bits per heavy atom. The topological polar surface area (TPSA) is 108 Å². The molecule has 2 unspecified atom stereocenters. The van der Waals surface area contributed by atoms with E-state index in [1.807, 2.05) is 21.1 Å². The van der Waals surface area contributed by atoms with Crippen molar-refractivity contribution in [1.29, 1.82) is 0 Å². The lowest BCUT2D eigenvalue weighted by atomic mass is 10.1. The molecule has 2 atom stereocenters. The average Bonchev–Trinajstić information content (AvgIpc) is 3.48. The number of carbonyl (C=O) groups excluding carboxylic acids is 2. The fourth-order valence-corrected chi connectivity index (χ4v) is 8.18. The molecule has 0 amide bonds. The number of nitrogens with zero attached hydrogens (tertiary/aromatic N) is 1. The summed E-state index contributed by atoms with van der Waals surface area (Å²) in [7, 11) is 5.95. The largest absolute Gasteiger partial charge is 0.477 e. The van der Waals surface area contributed by atoms with Gasteiger partial charge in [0.25, 0.3) is 6.29 Å². The summed E-state index contributed by atoms with van der Waals surface area (Å²) in [6, 6.07) is 0. The van der Waals surface area contributed by atoms with Crippen molar-refractivity contribution >= 4 is 17.9 Å². The van der Waals surface area contributed by atoms with Crippen LogP contribution in [-0.4, -0.2) is 87.4 Å². The molecule has 0 spiro atoms. The van der Waals surface area contributed by atoms with Crippen molar-refractivity contribution in [2.75, 3.05) is 47.5 Å². The van der Waals surface area contributed by atoms with E-state index >= 15 is 0 Å². The van der Waals surface area contributed by atoms with E-state index in [4.69, 9.17) is 18.9 Å². The van der Waals surface area contributed by atoms with Gasteiger partial charge in [-0.1, -0.05) is 254 Å². The molecule has 0 aromatic rings.